The minimum Gasteiger partial charge on any atom is -0.457 e. The maximum absolute atomic E-state index is 13.3. The molecule has 6 nitrogen and oxygen atoms in total. The molecule has 1 aromatic rings. The normalized spacial score (nSPS) is 32.0. The third kappa shape index (κ3) is 8.63. The summed E-state index contributed by atoms with van der Waals surface area (Å²) in [6.07, 6.45) is 7.67. The Morgan fingerprint density at radius 2 is 1.89 bits per heavy atom. The molecule has 1 unspecified atom stereocenters. The Morgan fingerprint density at radius 1 is 1.19 bits per heavy atom. The van der Waals surface area contributed by atoms with Gasteiger partial charge in [0.2, 0.25) is 0 Å². The molecule has 0 radical (unpaired) electrons. The number of esters is 1. The van der Waals surface area contributed by atoms with E-state index >= 15 is 0 Å². The molecule has 1 aliphatic rings. The Balaban J connectivity index is 2.28. The molecule has 0 bridgehead atoms. The first kappa shape index (κ1) is 30.4. The zero-order valence-corrected chi connectivity index (χ0v) is 23.8. The zero-order chi connectivity index (χ0) is 27.0. The van der Waals surface area contributed by atoms with Crippen molar-refractivity contribution in [3.05, 3.63) is 33.8 Å². The van der Waals surface area contributed by atoms with E-state index in [9.17, 15) is 19.8 Å². The lowest BCUT2D eigenvalue weighted by Crippen LogP contribution is -2.45. The molecule has 36 heavy (non-hydrogen) atoms. The summed E-state index contributed by atoms with van der Waals surface area (Å²) in [5.74, 6) is -1.05. The molecule has 0 spiro atoms. The Bertz CT molecular complexity index is 934. The highest BCUT2D eigenvalue weighted by Crippen LogP contribution is 2.33. The minimum absolute atomic E-state index is 0.0386. The second-order valence-electron chi connectivity index (χ2n) is 11.2. The lowest BCUT2D eigenvalue weighted by Gasteiger charge is -2.34. The van der Waals surface area contributed by atoms with E-state index in [1.165, 1.54) is 0 Å². The fourth-order valence-corrected chi connectivity index (χ4v) is 5.50. The van der Waals surface area contributed by atoms with Crippen LogP contribution in [0, 0.1) is 30.1 Å². The summed E-state index contributed by atoms with van der Waals surface area (Å²) in [5, 5.41) is 24.7. The van der Waals surface area contributed by atoms with Crippen molar-refractivity contribution < 1.29 is 24.5 Å². The van der Waals surface area contributed by atoms with E-state index in [1.54, 1.807) is 32.1 Å². The number of aromatic nitrogens is 1. The summed E-state index contributed by atoms with van der Waals surface area (Å²) < 4.78 is 5.81. The predicted octanol–water partition coefficient (Wildman–Crippen LogP) is 5.90. The Hall–Kier alpha value is -1.83. The quantitative estimate of drug-likeness (QED) is 0.373. The molecule has 1 aromatic heterocycles. The van der Waals surface area contributed by atoms with Crippen LogP contribution < -0.4 is 0 Å². The number of hydrogen-bond donors (Lipinski definition) is 2. The van der Waals surface area contributed by atoms with E-state index in [4.69, 9.17) is 4.74 Å². The standard InChI is InChI=1S/C29H45NO5S/c1-18-12-10-8-9-11-13-24(19(2)15-23-17-36-22(5)30-23)35-26(32)16-25(31)29(6,7)28(34)21(4)27(33)20(3)14-18/h9,11,15,17-18,20-21,24-25,27,31,33H,8,10,12-14,16H2,1-7H3/b11-9?,19-15+/t18?,20-,21+,24-,25-,27-/m0/s1. The van der Waals surface area contributed by atoms with Crippen molar-refractivity contribution in [2.75, 3.05) is 0 Å². The van der Waals surface area contributed by atoms with E-state index < -0.39 is 35.6 Å². The number of carbonyl (C=O) groups excluding carboxylic acids is 2. The maximum Gasteiger partial charge on any atom is 0.309 e. The van der Waals surface area contributed by atoms with Crippen LogP contribution in [0.25, 0.3) is 6.08 Å². The molecule has 0 saturated carbocycles. The van der Waals surface area contributed by atoms with Crippen LogP contribution in [0.4, 0.5) is 0 Å². The number of cyclic esters (lactones) is 1. The molecule has 0 amide bonds. The number of nitrogens with zero attached hydrogens (tertiary/aromatic N) is 1. The van der Waals surface area contributed by atoms with Crippen molar-refractivity contribution in [2.45, 2.75) is 105 Å². The topological polar surface area (TPSA) is 96.7 Å². The van der Waals surface area contributed by atoms with Crippen molar-refractivity contribution in [1.82, 2.24) is 4.98 Å². The zero-order valence-electron chi connectivity index (χ0n) is 23.0. The summed E-state index contributed by atoms with van der Waals surface area (Å²) in [4.78, 5) is 30.7. The van der Waals surface area contributed by atoms with Crippen LogP contribution in [-0.4, -0.2) is 45.3 Å². The number of rotatable bonds is 2. The van der Waals surface area contributed by atoms with Gasteiger partial charge in [-0.05, 0) is 56.6 Å². The number of Topliss-reactive ketones (excluding diaryl/α,β-unsaturated/α-hetero) is 1. The van der Waals surface area contributed by atoms with Crippen LogP contribution in [0.2, 0.25) is 0 Å². The van der Waals surface area contributed by atoms with Crippen molar-refractivity contribution >= 4 is 29.2 Å². The van der Waals surface area contributed by atoms with Gasteiger partial charge in [-0.25, -0.2) is 4.98 Å². The molecular formula is C29H45NO5S. The average molecular weight is 520 g/mol. The smallest absolute Gasteiger partial charge is 0.309 e. The van der Waals surface area contributed by atoms with E-state index in [1.807, 2.05) is 38.3 Å². The number of allylic oxidation sites excluding steroid dienone is 1. The van der Waals surface area contributed by atoms with Crippen LogP contribution in [0.5, 0.6) is 0 Å². The monoisotopic (exact) mass is 519 g/mol. The number of carbonyl (C=O) groups is 2. The van der Waals surface area contributed by atoms with Crippen LogP contribution in [-0.2, 0) is 14.3 Å². The number of ether oxygens (including phenoxy) is 1. The molecule has 0 saturated heterocycles. The predicted molar refractivity (Wildman–Crippen MR) is 146 cm³/mol. The van der Waals surface area contributed by atoms with Gasteiger partial charge in [0.05, 0.1) is 34.7 Å². The number of thiazole rings is 1. The summed E-state index contributed by atoms with van der Waals surface area (Å²) in [6, 6.07) is 0. The number of hydrogen-bond acceptors (Lipinski definition) is 7. The second-order valence-corrected chi connectivity index (χ2v) is 12.3. The molecule has 6 atom stereocenters. The van der Waals surface area contributed by atoms with Crippen LogP contribution >= 0.6 is 11.3 Å². The largest absolute Gasteiger partial charge is 0.457 e. The summed E-state index contributed by atoms with van der Waals surface area (Å²) in [7, 11) is 0. The van der Waals surface area contributed by atoms with Gasteiger partial charge in [0.1, 0.15) is 11.9 Å². The van der Waals surface area contributed by atoms with Gasteiger partial charge in [0.25, 0.3) is 0 Å². The molecule has 0 aliphatic carbocycles. The highest BCUT2D eigenvalue weighted by atomic mass is 32.1. The van der Waals surface area contributed by atoms with Gasteiger partial charge in [-0.3, -0.25) is 9.59 Å². The van der Waals surface area contributed by atoms with Gasteiger partial charge in [0.15, 0.2) is 0 Å². The lowest BCUT2D eigenvalue weighted by atomic mass is 9.72. The molecule has 2 heterocycles. The van der Waals surface area contributed by atoms with E-state index in [0.717, 1.165) is 42.0 Å². The van der Waals surface area contributed by atoms with E-state index in [-0.39, 0.29) is 18.1 Å². The van der Waals surface area contributed by atoms with Crippen molar-refractivity contribution in [3.63, 3.8) is 0 Å². The Kier molecular flexibility index (Phi) is 11.5. The summed E-state index contributed by atoms with van der Waals surface area (Å²) in [5.41, 5.74) is 0.503. The molecule has 7 heteroatoms. The van der Waals surface area contributed by atoms with Gasteiger partial charge >= 0.3 is 5.97 Å². The maximum atomic E-state index is 13.3. The fourth-order valence-electron chi connectivity index (χ4n) is 4.93. The van der Waals surface area contributed by atoms with Crippen LogP contribution in [0.3, 0.4) is 0 Å². The summed E-state index contributed by atoms with van der Waals surface area (Å²) in [6.45, 7) is 13.0. The van der Waals surface area contributed by atoms with Crippen molar-refractivity contribution in [2.24, 2.45) is 23.2 Å². The third-order valence-corrected chi connectivity index (χ3v) is 8.28. The molecule has 2 rings (SSSR count). The molecule has 202 valence electrons. The van der Waals surface area contributed by atoms with Gasteiger partial charge < -0.3 is 14.9 Å². The molecular weight excluding hydrogens is 474 g/mol. The first-order chi connectivity index (χ1) is 16.8. The fraction of sp³-hybridized carbons (Fsp3) is 0.690. The third-order valence-electron chi connectivity index (χ3n) is 7.49. The first-order valence-corrected chi connectivity index (χ1v) is 14.1. The Morgan fingerprint density at radius 3 is 2.53 bits per heavy atom. The van der Waals surface area contributed by atoms with E-state index in [0.29, 0.717) is 12.3 Å². The Labute approximate surface area is 220 Å². The SMILES string of the molecule is C/C(=C\c1csc(C)n1)[C@@H]1CC=CCCCC(C)C[C@H](C)[C@H](O)[C@@H](C)C(=O)C(C)(C)[C@@H](O)CC(=O)O1. The van der Waals surface area contributed by atoms with Crippen molar-refractivity contribution in [3.8, 4) is 0 Å². The van der Waals surface area contributed by atoms with Crippen LogP contribution in [0.1, 0.15) is 90.8 Å². The van der Waals surface area contributed by atoms with E-state index in [2.05, 4.69) is 18.0 Å². The number of aryl methyl sites for hydroxylation is 1. The van der Waals surface area contributed by atoms with Gasteiger partial charge in [-0.15, -0.1) is 11.3 Å². The average Bonchev–Trinajstić information content (AvgIpc) is 3.22. The number of aliphatic hydroxyl groups is 2. The second kappa shape index (κ2) is 13.6. The molecule has 2 N–H and O–H groups in total. The highest BCUT2D eigenvalue weighted by molar-refractivity contribution is 7.09. The van der Waals surface area contributed by atoms with Crippen LogP contribution in [0.15, 0.2) is 23.1 Å². The summed E-state index contributed by atoms with van der Waals surface area (Å²) >= 11 is 1.56. The number of aliphatic hydroxyl groups excluding tert-OH is 2. The van der Waals surface area contributed by atoms with Gasteiger partial charge in [-0.2, -0.15) is 0 Å². The minimum atomic E-state index is -1.22. The lowest BCUT2D eigenvalue weighted by molar-refractivity contribution is -0.154. The number of ketones is 1. The molecule has 0 aromatic carbocycles. The van der Waals surface area contributed by atoms with Gasteiger partial charge in [0, 0.05) is 17.7 Å². The van der Waals surface area contributed by atoms with Crippen molar-refractivity contribution in [1.29, 1.82) is 0 Å². The molecule has 0 fully saturated rings. The van der Waals surface area contributed by atoms with Gasteiger partial charge in [-0.1, -0.05) is 53.2 Å². The highest BCUT2D eigenvalue weighted by Gasteiger charge is 2.42. The first-order valence-electron chi connectivity index (χ1n) is 13.2. The molecule has 1 aliphatic heterocycles.